The fourth-order valence-electron chi connectivity index (χ4n) is 4.70. The molecule has 0 radical (unpaired) electrons. The van der Waals surface area contributed by atoms with E-state index < -0.39 is 0 Å². The Morgan fingerprint density at radius 1 is 0.448 bits per heavy atom. The third-order valence-electron chi connectivity index (χ3n) is 6.79. The van der Waals surface area contributed by atoms with Gasteiger partial charge in [-0.25, -0.2) is 0 Å². The van der Waals surface area contributed by atoms with Crippen LogP contribution in [0.4, 0.5) is 0 Å². The average Bonchev–Trinajstić information content (AvgIpc) is 2.75. The van der Waals surface area contributed by atoms with Gasteiger partial charge in [0.05, 0.1) is 0 Å². The van der Waals surface area contributed by atoms with E-state index in [9.17, 15) is 0 Å². The first kappa shape index (κ1) is 27.0. The second-order valence-corrected chi connectivity index (χ2v) is 9.66. The van der Waals surface area contributed by atoms with Crippen molar-refractivity contribution in [2.75, 3.05) is 32.7 Å². The maximum absolute atomic E-state index is 3.44. The van der Waals surface area contributed by atoms with E-state index >= 15 is 0 Å². The Morgan fingerprint density at radius 2 is 0.759 bits per heavy atom. The summed E-state index contributed by atoms with van der Waals surface area (Å²) >= 11 is 0. The molecule has 0 spiro atoms. The zero-order valence-corrected chi connectivity index (χ0v) is 20.3. The standard InChI is InChI=1S/C27H56N2/c1-2-3-4-5-6-7-8-9-10-11-12-13-14-15-16-17-18-19-20-21-22-25-29-26-23-28-24-27-29/h28H,2-27H2,1H3. The summed E-state index contributed by atoms with van der Waals surface area (Å²) in [7, 11) is 0. The molecule has 174 valence electrons. The number of unbranched alkanes of at least 4 members (excludes halogenated alkanes) is 20. The van der Waals surface area contributed by atoms with Crippen LogP contribution in [0.3, 0.4) is 0 Å². The minimum Gasteiger partial charge on any atom is -0.314 e. The normalized spacial score (nSPS) is 15.2. The summed E-state index contributed by atoms with van der Waals surface area (Å²) in [5, 5.41) is 3.44. The maximum atomic E-state index is 3.44. The van der Waals surface area contributed by atoms with Crippen LogP contribution in [0.25, 0.3) is 0 Å². The molecule has 1 fully saturated rings. The van der Waals surface area contributed by atoms with E-state index in [4.69, 9.17) is 0 Å². The molecule has 2 heteroatoms. The summed E-state index contributed by atoms with van der Waals surface area (Å²) < 4.78 is 0. The first-order chi connectivity index (χ1) is 14.4. The number of hydrogen-bond acceptors (Lipinski definition) is 2. The third kappa shape index (κ3) is 19.6. The smallest absolute Gasteiger partial charge is 0.0107 e. The Morgan fingerprint density at radius 3 is 1.10 bits per heavy atom. The van der Waals surface area contributed by atoms with Gasteiger partial charge >= 0.3 is 0 Å². The molecule has 1 aliphatic rings. The molecule has 0 aromatic rings. The molecule has 1 aliphatic heterocycles. The lowest BCUT2D eigenvalue weighted by atomic mass is 10.0. The molecule has 0 unspecified atom stereocenters. The van der Waals surface area contributed by atoms with Gasteiger partial charge in [0.15, 0.2) is 0 Å². The summed E-state index contributed by atoms with van der Waals surface area (Å²) in [6.45, 7) is 8.55. The number of nitrogens with zero attached hydrogens (tertiary/aromatic N) is 1. The van der Waals surface area contributed by atoms with Crippen molar-refractivity contribution in [2.24, 2.45) is 0 Å². The van der Waals surface area contributed by atoms with Gasteiger partial charge in [0.1, 0.15) is 0 Å². The van der Waals surface area contributed by atoms with E-state index in [-0.39, 0.29) is 0 Å². The van der Waals surface area contributed by atoms with Gasteiger partial charge in [0, 0.05) is 26.2 Å². The van der Waals surface area contributed by atoms with Crippen molar-refractivity contribution >= 4 is 0 Å². The van der Waals surface area contributed by atoms with Crippen LogP contribution >= 0.6 is 0 Å². The predicted octanol–water partition coefficient (Wildman–Crippen LogP) is 8.10. The van der Waals surface area contributed by atoms with Crippen LogP contribution in [0.2, 0.25) is 0 Å². The molecule has 1 saturated heterocycles. The van der Waals surface area contributed by atoms with Crippen LogP contribution in [-0.4, -0.2) is 37.6 Å². The van der Waals surface area contributed by atoms with E-state index in [1.807, 2.05) is 0 Å². The SMILES string of the molecule is CCCCCCCCCCCCCCCCCCCCCCCN1CCNCC1. The fourth-order valence-corrected chi connectivity index (χ4v) is 4.70. The molecule has 0 saturated carbocycles. The minimum absolute atomic E-state index is 1.19. The van der Waals surface area contributed by atoms with Crippen LogP contribution in [0, 0.1) is 0 Å². The third-order valence-corrected chi connectivity index (χ3v) is 6.79. The molecule has 29 heavy (non-hydrogen) atoms. The summed E-state index contributed by atoms with van der Waals surface area (Å²) in [4.78, 5) is 2.63. The Kier molecular flexibility index (Phi) is 21.0. The Labute approximate surface area is 185 Å². The van der Waals surface area contributed by atoms with Gasteiger partial charge in [-0.1, -0.05) is 135 Å². The summed E-state index contributed by atoms with van der Waals surface area (Å²) in [5.74, 6) is 0. The lowest BCUT2D eigenvalue weighted by Crippen LogP contribution is -2.43. The Hall–Kier alpha value is -0.0800. The van der Waals surface area contributed by atoms with Crippen molar-refractivity contribution < 1.29 is 0 Å². The number of hydrogen-bond donors (Lipinski definition) is 1. The van der Waals surface area contributed by atoms with Crippen molar-refractivity contribution in [2.45, 2.75) is 142 Å². The fraction of sp³-hybridized carbons (Fsp3) is 1.00. The highest BCUT2D eigenvalue weighted by atomic mass is 15.2. The molecular weight excluding hydrogens is 352 g/mol. The van der Waals surface area contributed by atoms with Crippen molar-refractivity contribution in [3.63, 3.8) is 0 Å². The summed E-state index contributed by atoms with van der Waals surface area (Å²) in [5.41, 5.74) is 0. The first-order valence-electron chi connectivity index (χ1n) is 13.9. The lowest BCUT2D eigenvalue weighted by Gasteiger charge is -2.27. The maximum Gasteiger partial charge on any atom is 0.0107 e. The van der Waals surface area contributed by atoms with Gasteiger partial charge in [-0.3, -0.25) is 0 Å². The largest absolute Gasteiger partial charge is 0.314 e. The molecule has 0 atom stereocenters. The van der Waals surface area contributed by atoms with Gasteiger partial charge in [-0.15, -0.1) is 0 Å². The molecule has 1 N–H and O–H groups in total. The Balaban J connectivity index is 1.63. The van der Waals surface area contributed by atoms with Gasteiger partial charge in [0.2, 0.25) is 0 Å². The molecule has 0 bridgehead atoms. The minimum atomic E-state index is 1.19. The molecule has 0 aliphatic carbocycles. The van der Waals surface area contributed by atoms with Crippen molar-refractivity contribution in [1.29, 1.82) is 0 Å². The number of nitrogens with one attached hydrogen (secondary N) is 1. The van der Waals surface area contributed by atoms with E-state index in [1.165, 1.54) is 168 Å². The molecule has 0 aromatic carbocycles. The van der Waals surface area contributed by atoms with Crippen molar-refractivity contribution in [1.82, 2.24) is 10.2 Å². The van der Waals surface area contributed by atoms with Crippen LogP contribution < -0.4 is 5.32 Å². The predicted molar refractivity (Wildman–Crippen MR) is 132 cm³/mol. The highest BCUT2D eigenvalue weighted by molar-refractivity contribution is 4.67. The van der Waals surface area contributed by atoms with E-state index in [0.717, 1.165) is 0 Å². The monoisotopic (exact) mass is 408 g/mol. The summed E-state index contributed by atoms with van der Waals surface area (Å²) in [6, 6.07) is 0. The summed E-state index contributed by atoms with van der Waals surface area (Å²) in [6.07, 6.45) is 30.9. The Bertz CT molecular complexity index is 299. The van der Waals surface area contributed by atoms with Crippen LogP contribution in [0.5, 0.6) is 0 Å². The molecular formula is C27H56N2. The quantitative estimate of drug-likeness (QED) is 0.182. The van der Waals surface area contributed by atoms with Crippen LogP contribution in [-0.2, 0) is 0 Å². The topological polar surface area (TPSA) is 15.3 Å². The van der Waals surface area contributed by atoms with Gasteiger partial charge in [-0.05, 0) is 13.0 Å². The van der Waals surface area contributed by atoms with Gasteiger partial charge in [-0.2, -0.15) is 0 Å². The van der Waals surface area contributed by atoms with E-state index in [2.05, 4.69) is 17.1 Å². The zero-order chi connectivity index (χ0) is 20.7. The first-order valence-corrected chi connectivity index (χ1v) is 13.9. The molecule has 2 nitrogen and oxygen atoms in total. The van der Waals surface area contributed by atoms with E-state index in [1.54, 1.807) is 0 Å². The molecule has 1 heterocycles. The van der Waals surface area contributed by atoms with Crippen molar-refractivity contribution in [3.05, 3.63) is 0 Å². The van der Waals surface area contributed by atoms with Crippen molar-refractivity contribution in [3.8, 4) is 0 Å². The van der Waals surface area contributed by atoms with Crippen LogP contribution in [0.1, 0.15) is 142 Å². The van der Waals surface area contributed by atoms with Gasteiger partial charge < -0.3 is 10.2 Å². The van der Waals surface area contributed by atoms with Gasteiger partial charge in [0.25, 0.3) is 0 Å². The lowest BCUT2D eigenvalue weighted by molar-refractivity contribution is 0.236. The second kappa shape index (κ2) is 22.6. The average molecular weight is 409 g/mol. The molecule has 1 rings (SSSR count). The second-order valence-electron chi connectivity index (χ2n) is 9.66. The number of piperazine rings is 1. The van der Waals surface area contributed by atoms with E-state index in [0.29, 0.717) is 0 Å². The number of rotatable bonds is 22. The highest BCUT2D eigenvalue weighted by Crippen LogP contribution is 2.15. The molecule has 0 amide bonds. The van der Waals surface area contributed by atoms with Crippen LogP contribution in [0.15, 0.2) is 0 Å². The highest BCUT2D eigenvalue weighted by Gasteiger charge is 2.07. The molecule has 0 aromatic heterocycles. The zero-order valence-electron chi connectivity index (χ0n) is 20.3.